The topological polar surface area (TPSA) is 97.8 Å². The van der Waals surface area contributed by atoms with E-state index in [-0.39, 0.29) is 18.2 Å². The van der Waals surface area contributed by atoms with E-state index < -0.39 is 0 Å². The number of hydrogen-bond acceptors (Lipinski definition) is 7. The van der Waals surface area contributed by atoms with E-state index >= 15 is 0 Å². The number of benzene rings is 2. The van der Waals surface area contributed by atoms with Gasteiger partial charge in [-0.1, -0.05) is 0 Å². The summed E-state index contributed by atoms with van der Waals surface area (Å²) in [5.74, 6) is 2.91. The molecule has 0 spiro atoms. The highest BCUT2D eigenvalue weighted by molar-refractivity contribution is 5.92. The minimum absolute atomic E-state index is 0.0857. The molecule has 2 amide bonds. The van der Waals surface area contributed by atoms with E-state index in [2.05, 4.69) is 25.5 Å². The molecule has 180 valence electrons. The van der Waals surface area contributed by atoms with E-state index in [1.807, 2.05) is 50.2 Å². The van der Waals surface area contributed by atoms with Gasteiger partial charge in [-0.2, -0.15) is 0 Å². The normalized spacial score (nSPS) is 14.2. The van der Waals surface area contributed by atoms with Gasteiger partial charge in [0.2, 0.25) is 0 Å². The molecule has 0 aliphatic carbocycles. The number of carbonyl (C=O) groups is 1. The van der Waals surface area contributed by atoms with Gasteiger partial charge < -0.3 is 29.7 Å². The second-order valence-corrected chi connectivity index (χ2v) is 8.47. The minimum Gasteiger partial charge on any atom is -0.493 e. The molecule has 2 N–H and O–H groups in total. The predicted octanol–water partition coefficient (Wildman–Crippen LogP) is 4.22. The number of nitrogens with zero attached hydrogens (tertiary/aromatic N) is 3. The third kappa shape index (κ3) is 5.41. The Morgan fingerprint density at radius 3 is 2.35 bits per heavy atom. The number of hydrogen-bond donors (Lipinski definition) is 2. The van der Waals surface area contributed by atoms with Gasteiger partial charge in [-0.05, 0) is 57.0 Å². The number of ether oxygens (including phenoxy) is 3. The van der Waals surface area contributed by atoms with E-state index in [0.29, 0.717) is 11.5 Å². The number of fused-ring (bicyclic) bond motifs is 1. The number of rotatable bonds is 7. The maximum Gasteiger partial charge on any atom is 0.319 e. The average molecular weight is 466 g/mol. The summed E-state index contributed by atoms with van der Waals surface area (Å²) in [4.78, 5) is 23.6. The summed E-state index contributed by atoms with van der Waals surface area (Å²) in [5.41, 5.74) is 1.52. The van der Waals surface area contributed by atoms with Crippen molar-refractivity contribution in [2.24, 2.45) is 0 Å². The van der Waals surface area contributed by atoms with E-state index in [1.54, 1.807) is 20.5 Å². The van der Waals surface area contributed by atoms with Crippen LogP contribution >= 0.6 is 0 Å². The van der Waals surface area contributed by atoms with Gasteiger partial charge in [0.25, 0.3) is 0 Å². The Kier molecular flexibility index (Phi) is 7.20. The first-order valence-corrected chi connectivity index (χ1v) is 11.4. The van der Waals surface area contributed by atoms with Crippen LogP contribution in [0, 0.1) is 0 Å². The Bertz CT molecular complexity index is 1130. The number of piperidine rings is 1. The number of anilines is 2. The molecule has 0 unspecified atom stereocenters. The maximum atomic E-state index is 12.5. The zero-order valence-corrected chi connectivity index (χ0v) is 20.0. The molecule has 0 bridgehead atoms. The average Bonchev–Trinajstić information content (AvgIpc) is 2.84. The van der Waals surface area contributed by atoms with Crippen molar-refractivity contribution < 1.29 is 19.0 Å². The highest BCUT2D eigenvalue weighted by atomic mass is 16.5. The smallest absolute Gasteiger partial charge is 0.319 e. The Morgan fingerprint density at radius 1 is 1.03 bits per heavy atom. The van der Waals surface area contributed by atoms with Crippen LogP contribution in [0.4, 0.5) is 16.3 Å². The van der Waals surface area contributed by atoms with Crippen LogP contribution in [0.5, 0.6) is 17.2 Å². The largest absolute Gasteiger partial charge is 0.493 e. The fourth-order valence-corrected chi connectivity index (χ4v) is 4.10. The van der Waals surface area contributed by atoms with Crippen LogP contribution in [0.1, 0.15) is 26.7 Å². The highest BCUT2D eigenvalue weighted by Gasteiger charge is 2.23. The zero-order valence-electron chi connectivity index (χ0n) is 20.0. The number of nitrogens with one attached hydrogen (secondary N) is 2. The van der Waals surface area contributed by atoms with Gasteiger partial charge in [-0.3, -0.25) is 0 Å². The third-order valence-electron chi connectivity index (χ3n) is 5.73. The molecule has 1 aromatic heterocycles. The number of amides is 2. The predicted molar refractivity (Wildman–Crippen MR) is 132 cm³/mol. The third-order valence-corrected chi connectivity index (χ3v) is 5.73. The molecule has 0 radical (unpaired) electrons. The molecule has 1 fully saturated rings. The van der Waals surface area contributed by atoms with Gasteiger partial charge in [-0.15, -0.1) is 0 Å². The van der Waals surface area contributed by atoms with E-state index in [9.17, 15) is 4.79 Å². The van der Waals surface area contributed by atoms with Gasteiger partial charge in [0.1, 0.15) is 17.9 Å². The second kappa shape index (κ2) is 10.5. The first-order valence-electron chi connectivity index (χ1n) is 11.4. The Morgan fingerprint density at radius 2 is 1.71 bits per heavy atom. The molecule has 2 aromatic carbocycles. The van der Waals surface area contributed by atoms with Gasteiger partial charge >= 0.3 is 6.03 Å². The number of aromatic nitrogens is 2. The molecule has 1 aliphatic heterocycles. The van der Waals surface area contributed by atoms with Crippen molar-refractivity contribution in [2.45, 2.75) is 38.8 Å². The van der Waals surface area contributed by atoms with Crippen molar-refractivity contribution in [3.63, 3.8) is 0 Å². The molecular formula is C25H31N5O4. The Labute approximate surface area is 199 Å². The lowest BCUT2D eigenvalue weighted by Crippen LogP contribution is -2.46. The minimum atomic E-state index is -0.208. The van der Waals surface area contributed by atoms with Gasteiger partial charge in [0.05, 0.1) is 25.8 Å². The van der Waals surface area contributed by atoms with Crippen molar-refractivity contribution >= 4 is 28.4 Å². The fourth-order valence-electron chi connectivity index (χ4n) is 4.10. The molecular weight excluding hydrogens is 434 g/mol. The van der Waals surface area contributed by atoms with Gasteiger partial charge in [0.15, 0.2) is 11.5 Å². The molecule has 1 saturated heterocycles. The van der Waals surface area contributed by atoms with Crippen LogP contribution in [-0.2, 0) is 0 Å². The number of methoxy groups -OCH3 is 2. The second-order valence-electron chi connectivity index (χ2n) is 8.47. The fraction of sp³-hybridized carbons (Fsp3) is 0.400. The quantitative estimate of drug-likeness (QED) is 0.539. The molecule has 0 saturated carbocycles. The molecule has 4 rings (SSSR count). The SMILES string of the molecule is COc1cc2ncnc(N3CCC(NC(=O)Nc4ccc(OC(C)C)cc4)CC3)c2cc1OC. The lowest BCUT2D eigenvalue weighted by atomic mass is 10.0. The molecule has 3 aromatic rings. The molecule has 9 nitrogen and oxygen atoms in total. The molecule has 9 heteroatoms. The van der Waals surface area contributed by atoms with Crippen LogP contribution in [0.25, 0.3) is 10.9 Å². The Balaban J connectivity index is 1.35. The molecule has 34 heavy (non-hydrogen) atoms. The van der Waals surface area contributed by atoms with E-state index in [0.717, 1.165) is 54.1 Å². The van der Waals surface area contributed by atoms with Crippen LogP contribution < -0.4 is 29.7 Å². The summed E-state index contributed by atoms with van der Waals surface area (Å²) in [7, 11) is 3.22. The highest BCUT2D eigenvalue weighted by Crippen LogP contribution is 2.35. The van der Waals surface area contributed by atoms with Crippen molar-refractivity contribution in [3.8, 4) is 17.2 Å². The van der Waals surface area contributed by atoms with Crippen LogP contribution in [0.2, 0.25) is 0 Å². The summed E-state index contributed by atoms with van der Waals surface area (Å²) in [6.45, 7) is 5.50. The summed E-state index contributed by atoms with van der Waals surface area (Å²) >= 11 is 0. The lowest BCUT2D eigenvalue weighted by molar-refractivity contribution is 0.242. The van der Waals surface area contributed by atoms with Crippen molar-refractivity contribution in [1.29, 1.82) is 0 Å². The van der Waals surface area contributed by atoms with Gasteiger partial charge in [0, 0.05) is 36.3 Å². The van der Waals surface area contributed by atoms with Crippen LogP contribution in [0.15, 0.2) is 42.7 Å². The lowest BCUT2D eigenvalue weighted by Gasteiger charge is -2.33. The summed E-state index contributed by atoms with van der Waals surface area (Å²) in [6.07, 6.45) is 3.30. The Hall–Kier alpha value is -3.75. The van der Waals surface area contributed by atoms with Crippen molar-refractivity contribution in [3.05, 3.63) is 42.7 Å². The summed E-state index contributed by atoms with van der Waals surface area (Å²) in [5, 5.41) is 6.89. The number of carbonyl (C=O) groups excluding carboxylic acids is 1. The first kappa shape index (κ1) is 23.4. The summed E-state index contributed by atoms with van der Waals surface area (Å²) < 4.78 is 16.5. The standard InChI is InChI=1S/C25H31N5O4/c1-16(2)34-19-7-5-17(6-8-19)28-25(31)29-18-9-11-30(12-10-18)24-20-13-22(32-3)23(33-4)14-21(20)26-15-27-24/h5-8,13-16,18H,9-12H2,1-4H3,(H2,28,29,31). The zero-order chi connectivity index (χ0) is 24.1. The molecule has 0 atom stereocenters. The van der Waals surface area contributed by atoms with Gasteiger partial charge in [-0.25, -0.2) is 14.8 Å². The summed E-state index contributed by atoms with van der Waals surface area (Å²) in [6, 6.07) is 11.0. The van der Waals surface area contributed by atoms with Crippen molar-refractivity contribution in [2.75, 3.05) is 37.5 Å². The van der Waals surface area contributed by atoms with Crippen molar-refractivity contribution in [1.82, 2.24) is 15.3 Å². The molecule has 1 aliphatic rings. The maximum absolute atomic E-state index is 12.5. The first-order chi connectivity index (χ1) is 16.5. The van der Waals surface area contributed by atoms with Crippen LogP contribution in [0.3, 0.4) is 0 Å². The molecule has 2 heterocycles. The monoisotopic (exact) mass is 465 g/mol. The van der Waals surface area contributed by atoms with Crippen LogP contribution in [-0.4, -0.2) is 55.5 Å². The van der Waals surface area contributed by atoms with E-state index in [4.69, 9.17) is 14.2 Å². The number of urea groups is 1. The van der Waals surface area contributed by atoms with E-state index in [1.165, 1.54) is 0 Å².